The van der Waals surface area contributed by atoms with Gasteiger partial charge in [0.25, 0.3) is 0 Å². The number of carbonyl (C=O) groups excluding carboxylic acids is 4. The maximum atomic E-state index is 13.5. The van der Waals surface area contributed by atoms with E-state index in [9.17, 15) is 34.2 Å². The van der Waals surface area contributed by atoms with Crippen LogP contribution in [0.3, 0.4) is 0 Å². The molecule has 1 heterocycles. The van der Waals surface area contributed by atoms with Crippen molar-refractivity contribution in [2.45, 2.75) is 74.2 Å². The molecule has 0 unspecified atom stereocenters. The first-order valence-electron chi connectivity index (χ1n) is 13.9. The van der Waals surface area contributed by atoms with E-state index in [1.54, 1.807) is 70.2 Å². The predicted octanol–water partition coefficient (Wildman–Crippen LogP) is 1.11. The van der Waals surface area contributed by atoms with Gasteiger partial charge in [0.1, 0.15) is 23.9 Å². The summed E-state index contributed by atoms with van der Waals surface area (Å²) in [6.45, 7) is 6.21. The average molecular weight is 646 g/mol. The Balaban J connectivity index is 1.88. The van der Waals surface area contributed by atoms with E-state index in [4.69, 9.17) is 5.73 Å². The number of carboxylic acids is 1. The zero-order chi connectivity index (χ0) is 32.7. The minimum absolute atomic E-state index is 0.0718. The summed E-state index contributed by atoms with van der Waals surface area (Å²) in [5.41, 5.74) is 7.61. The van der Waals surface area contributed by atoms with Crippen molar-refractivity contribution in [2.75, 3.05) is 6.54 Å². The van der Waals surface area contributed by atoms with Crippen LogP contribution >= 0.6 is 21.6 Å². The summed E-state index contributed by atoms with van der Waals surface area (Å²) in [5.74, 6) is -3.82. The third-order valence-corrected chi connectivity index (χ3v) is 11.3. The van der Waals surface area contributed by atoms with Gasteiger partial charge in [-0.05, 0) is 57.4 Å². The Morgan fingerprint density at radius 3 is 2.16 bits per heavy atom. The maximum Gasteiger partial charge on any atom is 0.327 e. The molecule has 0 spiro atoms. The monoisotopic (exact) mass is 645 g/mol. The van der Waals surface area contributed by atoms with Gasteiger partial charge in [0.05, 0.1) is 17.3 Å². The number of phenols is 1. The number of aliphatic carboxylic acids is 1. The van der Waals surface area contributed by atoms with Gasteiger partial charge < -0.3 is 37.2 Å². The lowest BCUT2D eigenvalue weighted by atomic mass is 10.00. The molecular formula is C30H39N5O7S2. The van der Waals surface area contributed by atoms with E-state index in [0.717, 1.165) is 16.4 Å². The highest BCUT2D eigenvalue weighted by atomic mass is 33.1. The number of amides is 4. The zero-order valence-electron chi connectivity index (χ0n) is 25.0. The normalized spacial score (nSPS) is 23.2. The van der Waals surface area contributed by atoms with Crippen molar-refractivity contribution in [2.24, 2.45) is 5.73 Å². The highest BCUT2D eigenvalue weighted by Gasteiger charge is 2.44. The van der Waals surface area contributed by atoms with Crippen molar-refractivity contribution in [1.29, 1.82) is 0 Å². The van der Waals surface area contributed by atoms with Crippen molar-refractivity contribution in [1.82, 2.24) is 21.3 Å². The molecule has 1 saturated heterocycles. The number of phenolic OH excluding ortho intramolecular Hbond substituents is 1. The Hall–Kier alpha value is -3.75. The van der Waals surface area contributed by atoms with Crippen LogP contribution in [0.15, 0.2) is 54.6 Å². The lowest BCUT2D eigenvalue weighted by Gasteiger charge is -2.38. The van der Waals surface area contributed by atoms with Gasteiger partial charge in [-0.3, -0.25) is 19.2 Å². The first-order valence-corrected chi connectivity index (χ1v) is 16.1. The van der Waals surface area contributed by atoms with Crippen LogP contribution in [0.2, 0.25) is 0 Å². The van der Waals surface area contributed by atoms with Crippen LogP contribution in [0.1, 0.15) is 38.8 Å². The van der Waals surface area contributed by atoms with E-state index in [-0.39, 0.29) is 18.6 Å². The molecule has 1 aliphatic rings. The fourth-order valence-corrected chi connectivity index (χ4v) is 7.26. The second-order valence-corrected chi connectivity index (χ2v) is 15.0. The SMILES string of the molecule is CC1(C)SSC(C)(C)[C@H](NC(=O)[C@@H](N)Cc2ccc(O)cc2)C(=O)NCC(=O)N[C@H](Cc2ccccc2)C(=O)N[C@@H]1C(=O)O. The van der Waals surface area contributed by atoms with Gasteiger partial charge in [0.15, 0.2) is 0 Å². The molecule has 0 aliphatic carbocycles. The smallest absolute Gasteiger partial charge is 0.327 e. The summed E-state index contributed by atoms with van der Waals surface area (Å²) in [4.78, 5) is 65.4. The van der Waals surface area contributed by atoms with Crippen molar-refractivity contribution in [3.05, 3.63) is 65.7 Å². The van der Waals surface area contributed by atoms with Crippen LogP contribution in [0.4, 0.5) is 0 Å². The summed E-state index contributed by atoms with van der Waals surface area (Å²) >= 11 is 0. The lowest BCUT2D eigenvalue weighted by Crippen LogP contribution is -2.61. The number of hydrogen-bond donors (Lipinski definition) is 7. The van der Waals surface area contributed by atoms with Crippen LogP contribution in [-0.4, -0.2) is 80.0 Å². The zero-order valence-corrected chi connectivity index (χ0v) is 26.6. The van der Waals surface area contributed by atoms with E-state index in [0.29, 0.717) is 5.56 Å². The van der Waals surface area contributed by atoms with E-state index >= 15 is 0 Å². The fraction of sp³-hybridized carbons (Fsp3) is 0.433. The molecule has 238 valence electrons. The first kappa shape index (κ1) is 34.7. The fourth-order valence-electron chi connectivity index (χ4n) is 4.44. The summed E-state index contributed by atoms with van der Waals surface area (Å²) in [6.07, 6.45) is 0.229. The van der Waals surface area contributed by atoms with Crippen molar-refractivity contribution >= 4 is 51.2 Å². The molecule has 2 aromatic carbocycles. The molecule has 8 N–H and O–H groups in total. The quantitative estimate of drug-likeness (QED) is 0.214. The number of nitrogens with two attached hydrogens (primary N) is 1. The number of carboxylic acid groups (broad SMARTS) is 1. The Labute approximate surface area is 264 Å². The van der Waals surface area contributed by atoms with E-state index in [1.165, 1.54) is 22.9 Å². The Bertz CT molecular complexity index is 1360. The number of rotatable bonds is 7. The van der Waals surface area contributed by atoms with Gasteiger partial charge >= 0.3 is 5.97 Å². The van der Waals surface area contributed by atoms with Crippen molar-refractivity contribution in [3.63, 3.8) is 0 Å². The largest absolute Gasteiger partial charge is 0.508 e. The molecule has 0 aromatic heterocycles. The average Bonchev–Trinajstić information content (AvgIpc) is 2.96. The van der Waals surface area contributed by atoms with Gasteiger partial charge in [-0.15, -0.1) is 0 Å². The standard InChI is InChI=1S/C30H39N5O7S2/c1-29(2)23(34-25(38)20(31)14-18-10-12-19(36)13-11-18)27(40)32-16-22(37)33-21(15-17-8-6-5-7-9-17)26(39)35-24(28(41)42)30(3,4)44-43-29/h5-13,20-21,23-24,36H,14-16,31H2,1-4H3,(H,32,40)(H,33,37)(H,34,38)(H,35,39)(H,41,42)/t20-,21+,23+,24+/m0/s1. The van der Waals surface area contributed by atoms with Gasteiger partial charge in [0.2, 0.25) is 23.6 Å². The molecule has 14 heteroatoms. The lowest BCUT2D eigenvalue weighted by molar-refractivity contribution is -0.143. The molecular weight excluding hydrogens is 606 g/mol. The van der Waals surface area contributed by atoms with Gasteiger partial charge in [0, 0.05) is 11.2 Å². The van der Waals surface area contributed by atoms with E-state index in [2.05, 4.69) is 21.3 Å². The molecule has 0 radical (unpaired) electrons. The van der Waals surface area contributed by atoms with E-state index < -0.39 is 69.8 Å². The number of carbonyl (C=O) groups is 5. The Morgan fingerprint density at radius 1 is 0.932 bits per heavy atom. The Kier molecular flexibility index (Phi) is 11.7. The first-order chi connectivity index (χ1) is 20.6. The number of nitrogens with one attached hydrogen (secondary N) is 4. The van der Waals surface area contributed by atoms with Crippen LogP contribution in [0.5, 0.6) is 5.75 Å². The Morgan fingerprint density at radius 2 is 1.55 bits per heavy atom. The highest BCUT2D eigenvalue weighted by molar-refractivity contribution is 8.77. The highest BCUT2D eigenvalue weighted by Crippen LogP contribution is 2.46. The van der Waals surface area contributed by atoms with Crippen LogP contribution in [0.25, 0.3) is 0 Å². The molecule has 0 bridgehead atoms. The van der Waals surface area contributed by atoms with Crippen molar-refractivity contribution in [3.8, 4) is 5.75 Å². The molecule has 4 atom stereocenters. The minimum atomic E-state index is -1.36. The molecule has 4 amide bonds. The molecule has 3 rings (SSSR count). The molecule has 1 aliphatic heterocycles. The molecule has 2 aromatic rings. The van der Waals surface area contributed by atoms with Crippen LogP contribution in [0, 0.1) is 0 Å². The summed E-state index contributed by atoms with van der Waals surface area (Å²) in [5, 5.41) is 30.1. The molecule has 12 nitrogen and oxygen atoms in total. The number of aromatic hydroxyl groups is 1. The van der Waals surface area contributed by atoms with Gasteiger partial charge in [-0.2, -0.15) is 0 Å². The summed E-state index contributed by atoms with van der Waals surface area (Å²) < 4.78 is -2.14. The number of benzene rings is 2. The maximum absolute atomic E-state index is 13.5. The van der Waals surface area contributed by atoms with Crippen LogP contribution < -0.4 is 27.0 Å². The minimum Gasteiger partial charge on any atom is -0.508 e. The molecule has 44 heavy (non-hydrogen) atoms. The van der Waals surface area contributed by atoms with Crippen molar-refractivity contribution < 1.29 is 34.2 Å². The third-order valence-electron chi connectivity index (χ3n) is 7.03. The summed E-state index contributed by atoms with van der Waals surface area (Å²) in [7, 11) is 2.32. The van der Waals surface area contributed by atoms with Gasteiger partial charge in [-0.25, -0.2) is 4.79 Å². The summed E-state index contributed by atoms with van der Waals surface area (Å²) in [6, 6.07) is 10.5. The second-order valence-electron chi connectivity index (χ2n) is 11.6. The molecule has 0 saturated carbocycles. The third kappa shape index (κ3) is 9.63. The van der Waals surface area contributed by atoms with E-state index in [1.807, 2.05) is 0 Å². The second kappa shape index (κ2) is 14.8. The molecule has 1 fully saturated rings. The number of hydrogen-bond acceptors (Lipinski definition) is 9. The van der Waals surface area contributed by atoms with Gasteiger partial charge in [-0.1, -0.05) is 64.1 Å². The topological polar surface area (TPSA) is 200 Å². The predicted molar refractivity (Wildman–Crippen MR) is 170 cm³/mol. The van der Waals surface area contributed by atoms with Crippen LogP contribution in [-0.2, 0) is 36.8 Å².